The van der Waals surface area contributed by atoms with Crippen molar-refractivity contribution < 1.29 is 9.18 Å². The van der Waals surface area contributed by atoms with Gasteiger partial charge in [-0.15, -0.1) is 0 Å². The molecule has 0 unspecified atom stereocenters. The van der Waals surface area contributed by atoms with E-state index in [4.69, 9.17) is 34.8 Å². The molecule has 1 amide bonds. The van der Waals surface area contributed by atoms with Crippen LogP contribution in [-0.2, 0) is 4.79 Å². The van der Waals surface area contributed by atoms with Crippen LogP contribution in [-0.4, -0.2) is 12.5 Å². The van der Waals surface area contributed by atoms with Gasteiger partial charge in [-0.3, -0.25) is 4.79 Å². The van der Waals surface area contributed by atoms with E-state index in [0.29, 0.717) is 21.4 Å². The first kappa shape index (κ1) is 15.9. The first-order valence-electron chi connectivity index (χ1n) is 5.89. The van der Waals surface area contributed by atoms with Gasteiger partial charge < -0.3 is 10.6 Å². The van der Waals surface area contributed by atoms with Crippen LogP contribution in [0.1, 0.15) is 0 Å². The topological polar surface area (TPSA) is 41.1 Å². The zero-order chi connectivity index (χ0) is 15.4. The van der Waals surface area contributed by atoms with Gasteiger partial charge in [0, 0.05) is 10.7 Å². The largest absolute Gasteiger partial charge is 0.375 e. The van der Waals surface area contributed by atoms with Gasteiger partial charge in [0.1, 0.15) is 5.82 Å². The fourth-order valence-electron chi connectivity index (χ4n) is 1.59. The summed E-state index contributed by atoms with van der Waals surface area (Å²) in [5.41, 5.74) is 1.00. The lowest BCUT2D eigenvalue weighted by atomic mass is 10.3. The molecule has 0 saturated heterocycles. The maximum atomic E-state index is 13.0. The summed E-state index contributed by atoms with van der Waals surface area (Å²) in [6, 6.07) is 8.85. The molecule has 0 atom stereocenters. The Morgan fingerprint density at radius 2 is 1.81 bits per heavy atom. The van der Waals surface area contributed by atoms with E-state index in [2.05, 4.69) is 10.6 Å². The molecule has 21 heavy (non-hydrogen) atoms. The Hall–Kier alpha value is -1.49. The maximum absolute atomic E-state index is 13.0. The second-order valence-electron chi connectivity index (χ2n) is 4.15. The van der Waals surface area contributed by atoms with Crippen molar-refractivity contribution in [2.45, 2.75) is 0 Å². The Kier molecular flexibility index (Phi) is 5.28. The third kappa shape index (κ3) is 4.49. The molecule has 0 aromatic heterocycles. The van der Waals surface area contributed by atoms with Crippen molar-refractivity contribution in [1.29, 1.82) is 0 Å². The van der Waals surface area contributed by atoms with Gasteiger partial charge in [-0.25, -0.2) is 4.39 Å². The molecule has 7 heteroatoms. The first-order chi connectivity index (χ1) is 9.95. The molecule has 0 fully saturated rings. The van der Waals surface area contributed by atoms with Crippen molar-refractivity contribution >= 4 is 52.1 Å². The van der Waals surface area contributed by atoms with Crippen LogP contribution in [0, 0.1) is 5.82 Å². The average Bonchev–Trinajstić information content (AvgIpc) is 2.42. The van der Waals surface area contributed by atoms with Crippen molar-refractivity contribution in [3.05, 3.63) is 57.3 Å². The van der Waals surface area contributed by atoms with Gasteiger partial charge in [0.15, 0.2) is 0 Å². The molecular formula is C14H10Cl3FN2O. The van der Waals surface area contributed by atoms with E-state index < -0.39 is 5.82 Å². The summed E-state index contributed by atoms with van der Waals surface area (Å²) < 4.78 is 13.0. The van der Waals surface area contributed by atoms with Crippen molar-refractivity contribution in [2.75, 3.05) is 17.2 Å². The van der Waals surface area contributed by atoms with Crippen molar-refractivity contribution in [1.82, 2.24) is 0 Å². The number of hydrogen-bond acceptors (Lipinski definition) is 2. The molecule has 0 aliphatic rings. The van der Waals surface area contributed by atoms with E-state index in [0.717, 1.165) is 0 Å². The number of rotatable bonds is 4. The zero-order valence-corrected chi connectivity index (χ0v) is 12.9. The molecule has 0 bridgehead atoms. The fourth-order valence-corrected chi connectivity index (χ4v) is 2.24. The minimum atomic E-state index is -0.541. The molecule has 0 aliphatic heterocycles. The van der Waals surface area contributed by atoms with Gasteiger partial charge in [-0.2, -0.15) is 0 Å². The predicted octanol–water partition coefficient (Wildman–Crippen LogP) is 4.84. The van der Waals surface area contributed by atoms with E-state index in [1.54, 1.807) is 18.2 Å². The summed E-state index contributed by atoms with van der Waals surface area (Å²) in [4.78, 5) is 11.8. The summed E-state index contributed by atoms with van der Waals surface area (Å²) in [6.45, 7) is -0.00362. The Labute approximate surface area is 136 Å². The van der Waals surface area contributed by atoms with Crippen LogP contribution < -0.4 is 10.6 Å². The Morgan fingerprint density at radius 3 is 2.48 bits per heavy atom. The lowest BCUT2D eigenvalue weighted by Gasteiger charge is -2.09. The molecule has 0 spiro atoms. The van der Waals surface area contributed by atoms with E-state index in [9.17, 15) is 9.18 Å². The molecule has 0 aliphatic carbocycles. The Balaban J connectivity index is 1.94. The smallest absolute Gasteiger partial charge is 0.243 e. The highest BCUT2D eigenvalue weighted by molar-refractivity contribution is 6.36. The van der Waals surface area contributed by atoms with Crippen molar-refractivity contribution in [3.8, 4) is 0 Å². The van der Waals surface area contributed by atoms with E-state index in [1.807, 2.05) is 0 Å². The average molecular weight is 348 g/mol. The van der Waals surface area contributed by atoms with Crippen LogP contribution in [0.15, 0.2) is 36.4 Å². The van der Waals surface area contributed by atoms with E-state index in [-0.39, 0.29) is 17.5 Å². The standard InChI is InChI=1S/C14H10Cl3FN2O/c15-8-1-4-13(11(17)5-8)19-7-14(21)20-9-2-3-12(18)10(16)6-9/h1-6,19H,7H2,(H,20,21). The first-order valence-corrected chi connectivity index (χ1v) is 7.03. The van der Waals surface area contributed by atoms with Crippen LogP contribution >= 0.6 is 34.8 Å². The van der Waals surface area contributed by atoms with E-state index in [1.165, 1.54) is 18.2 Å². The highest BCUT2D eigenvalue weighted by Crippen LogP contribution is 2.25. The number of carbonyl (C=O) groups excluding carboxylic acids is 1. The van der Waals surface area contributed by atoms with Crippen molar-refractivity contribution in [2.24, 2.45) is 0 Å². The summed E-state index contributed by atoms with van der Waals surface area (Å²) in [5, 5.41) is 6.34. The molecule has 0 radical (unpaired) electrons. The molecule has 2 aromatic carbocycles. The van der Waals surface area contributed by atoms with Crippen LogP contribution in [0.3, 0.4) is 0 Å². The molecule has 0 heterocycles. The molecule has 0 saturated carbocycles. The minimum absolute atomic E-state index is 0.00362. The van der Waals surface area contributed by atoms with Crippen LogP contribution in [0.25, 0.3) is 0 Å². The molecule has 2 aromatic rings. The van der Waals surface area contributed by atoms with Gasteiger partial charge >= 0.3 is 0 Å². The molecule has 110 valence electrons. The number of nitrogens with one attached hydrogen (secondary N) is 2. The molecule has 2 N–H and O–H groups in total. The number of amides is 1. The normalized spacial score (nSPS) is 10.3. The van der Waals surface area contributed by atoms with Gasteiger partial charge in [0.05, 0.1) is 22.3 Å². The lowest BCUT2D eigenvalue weighted by molar-refractivity contribution is -0.114. The number of carbonyl (C=O) groups is 1. The van der Waals surface area contributed by atoms with Crippen LogP contribution in [0.2, 0.25) is 15.1 Å². The molecular weight excluding hydrogens is 338 g/mol. The quantitative estimate of drug-likeness (QED) is 0.831. The third-order valence-corrected chi connectivity index (χ3v) is 3.41. The Morgan fingerprint density at radius 1 is 1.05 bits per heavy atom. The van der Waals surface area contributed by atoms with Crippen molar-refractivity contribution in [3.63, 3.8) is 0 Å². The van der Waals surface area contributed by atoms with Gasteiger partial charge in [-0.1, -0.05) is 34.8 Å². The molecule has 2 rings (SSSR count). The summed E-state index contributed by atoms with van der Waals surface area (Å²) in [5.74, 6) is -0.857. The van der Waals surface area contributed by atoms with Crippen LogP contribution in [0.5, 0.6) is 0 Å². The Bertz CT molecular complexity index is 679. The lowest BCUT2D eigenvalue weighted by Crippen LogP contribution is -2.21. The molecule has 3 nitrogen and oxygen atoms in total. The SMILES string of the molecule is O=C(CNc1ccc(Cl)cc1Cl)Nc1ccc(F)c(Cl)c1. The summed E-state index contributed by atoms with van der Waals surface area (Å²) in [6.07, 6.45) is 0. The van der Waals surface area contributed by atoms with Gasteiger partial charge in [0.2, 0.25) is 5.91 Å². The van der Waals surface area contributed by atoms with Gasteiger partial charge in [-0.05, 0) is 36.4 Å². The predicted molar refractivity (Wildman–Crippen MR) is 85.0 cm³/mol. The summed E-state index contributed by atoms with van der Waals surface area (Å²) >= 11 is 17.4. The second kappa shape index (κ2) is 6.98. The summed E-state index contributed by atoms with van der Waals surface area (Å²) in [7, 11) is 0. The van der Waals surface area contributed by atoms with E-state index >= 15 is 0 Å². The maximum Gasteiger partial charge on any atom is 0.243 e. The number of anilines is 2. The monoisotopic (exact) mass is 346 g/mol. The zero-order valence-electron chi connectivity index (χ0n) is 10.6. The number of benzene rings is 2. The van der Waals surface area contributed by atoms with Crippen LogP contribution in [0.4, 0.5) is 15.8 Å². The highest BCUT2D eigenvalue weighted by Gasteiger charge is 2.07. The highest BCUT2D eigenvalue weighted by atomic mass is 35.5. The minimum Gasteiger partial charge on any atom is -0.375 e. The number of halogens is 4. The second-order valence-corrected chi connectivity index (χ2v) is 5.41. The van der Waals surface area contributed by atoms with Gasteiger partial charge in [0.25, 0.3) is 0 Å². The fraction of sp³-hybridized carbons (Fsp3) is 0.0714. The number of hydrogen-bond donors (Lipinski definition) is 2. The third-order valence-electron chi connectivity index (χ3n) is 2.57.